The van der Waals surface area contributed by atoms with Crippen molar-refractivity contribution in [2.45, 2.75) is 11.8 Å². The van der Waals surface area contributed by atoms with Gasteiger partial charge in [-0.15, -0.1) is 11.3 Å². The van der Waals surface area contributed by atoms with Crippen LogP contribution in [0.4, 0.5) is 5.69 Å². The number of nitrogens with one attached hydrogen (secondary N) is 1. The standard InChI is InChI=1S/C16H13BrN2O2S2/c1-11-5-6-15(14(17)9-11)23(20,21)19-13-4-2-3-12(10-13)16-18-7-8-22-16/h2-10,19H,1H3. The predicted molar refractivity (Wildman–Crippen MR) is 97.2 cm³/mol. The molecule has 7 heteroatoms. The van der Waals surface area contributed by atoms with Crippen LogP contribution in [-0.2, 0) is 10.0 Å². The molecule has 1 N–H and O–H groups in total. The van der Waals surface area contributed by atoms with E-state index in [2.05, 4.69) is 25.6 Å². The smallest absolute Gasteiger partial charge is 0.263 e. The molecule has 2 aromatic carbocycles. The Morgan fingerprint density at radius 3 is 2.70 bits per heavy atom. The van der Waals surface area contributed by atoms with Gasteiger partial charge >= 0.3 is 0 Å². The van der Waals surface area contributed by atoms with Crippen LogP contribution in [0.3, 0.4) is 0 Å². The summed E-state index contributed by atoms with van der Waals surface area (Å²) in [4.78, 5) is 4.45. The molecule has 0 aliphatic rings. The average Bonchev–Trinajstić information content (AvgIpc) is 3.00. The summed E-state index contributed by atoms with van der Waals surface area (Å²) in [5, 5.41) is 2.73. The molecule has 0 atom stereocenters. The number of hydrogen-bond acceptors (Lipinski definition) is 4. The van der Waals surface area contributed by atoms with Crippen molar-refractivity contribution in [1.82, 2.24) is 4.98 Å². The molecule has 0 radical (unpaired) electrons. The lowest BCUT2D eigenvalue weighted by atomic mass is 10.2. The molecule has 23 heavy (non-hydrogen) atoms. The van der Waals surface area contributed by atoms with Gasteiger partial charge in [0.05, 0.1) is 0 Å². The van der Waals surface area contributed by atoms with Gasteiger partial charge in [0.2, 0.25) is 0 Å². The second-order valence-corrected chi connectivity index (χ2v) is 8.36. The number of hydrogen-bond donors (Lipinski definition) is 1. The van der Waals surface area contributed by atoms with Gasteiger partial charge in [-0.3, -0.25) is 4.72 Å². The van der Waals surface area contributed by atoms with Crippen molar-refractivity contribution >= 4 is 43.0 Å². The normalized spacial score (nSPS) is 11.4. The molecule has 0 fully saturated rings. The van der Waals surface area contributed by atoms with Gasteiger partial charge in [-0.25, -0.2) is 13.4 Å². The van der Waals surface area contributed by atoms with E-state index in [-0.39, 0.29) is 4.90 Å². The summed E-state index contributed by atoms with van der Waals surface area (Å²) in [5.74, 6) is 0. The number of thiazole rings is 1. The highest BCUT2D eigenvalue weighted by atomic mass is 79.9. The lowest BCUT2D eigenvalue weighted by Gasteiger charge is -2.11. The zero-order chi connectivity index (χ0) is 16.4. The molecule has 3 rings (SSSR count). The maximum atomic E-state index is 12.6. The topological polar surface area (TPSA) is 59.1 Å². The van der Waals surface area contributed by atoms with E-state index in [4.69, 9.17) is 0 Å². The number of benzene rings is 2. The fraction of sp³-hybridized carbons (Fsp3) is 0.0625. The molecule has 1 heterocycles. The van der Waals surface area contributed by atoms with Gasteiger partial charge in [-0.05, 0) is 52.7 Å². The summed E-state index contributed by atoms with van der Waals surface area (Å²) in [6.07, 6.45) is 1.72. The van der Waals surface area contributed by atoms with E-state index < -0.39 is 10.0 Å². The third kappa shape index (κ3) is 3.63. The van der Waals surface area contributed by atoms with Gasteiger partial charge in [0.1, 0.15) is 9.90 Å². The first-order valence-electron chi connectivity index (χ1n) is 6.74. The summed E-state index contributed by atoms with van der Waals surface area (Å²) in [6, 6.07) is 12.3. The highest BCUT2D eigenvalue weighted by molar-refractivity contribution is 9.10. The fourth-order valence-corrected chi connectivity index (χ4v) is 4.99. The molecule has 0 bridgehead atoms. The van der Waals surface area contributed by atoms with Crippen LogP contribution in [-0.4, -0.2) is 13.4 Å². The van der Waals surface area contributed by atoms with Gasteiger partial charge in [-0.2, -0.15) is 0 Å². The van der Waals surface area contributed by atoms with E-state index in [1.165, 1.54) is 11.3 Å². The van der Waals surface area contributed by atoms with Gasteiger partial charge in [0.25, 0.3) is 10.0 Å². The predicted octanol–water partition coefficient (Wildman–Crippen LogP) is 4.68. The Morgan fingerprint density at radius 2 is 2.00 bits per heavy atom. The number of aromatic nitrogens is 1. The highest BCUT2D eigenvalue weighted by Gasteiger charge is 2.18. The lowest BCUT2D eigenvalue weighted by Crippen LogP contribution is -2.13. The van der Waals surface area contributed by atoms with Gasteiger partial charge in [-0.1, -0.05) is 18.2 Å². The van der Waals surface area contributed by atoms with Crippen LogP contribution in [0.2, 0.25) is 0 Å². The van der Waals surface area contributed by atoms with Crippen molar-refractivity contribution in [3.8, 4) is 10.6 Å². The summed E-state index contributed by atoms with van der Waals surface area (Å²) in [7, 11) is -3.66. The molecule has 0 unspecified atom stereocenters. The number of aryl methyl sites for hydroxylation is 1. The van der Waals surface area contributed by atoms with E-state index in [1.807, 2.05) is 18.4 Å². The average molecular weight is 409 g/mol. The molecule has 1 aromatic heterocycles. The van der Waals surface area contributed by atoms with E-state index in [0.29, 0.717) is 10.2 Å². The Bertz CT molecular complexity index is 938. The molecular weight excluding hydrogens is 396 g/mol. The first-order chi connectivity index (χ1) is 11.0. The zero-order valence-corrected chi connectivity index (χ0v) is 15.4. The third-order valence-electron chi connectivity index (χ3n) is 3.17. The van der Waals surface area contributed by atoms with Crippen LogP contribution in [0.25, 0.3) is 10.6 Å². The Kier molecular flexibility index (Phi) is 4.52. The monoisotopic (exact) mass is 408 g/mol. The van der Waals surface area contributed by atoms with Crippen LogP contribution in [0, 0.1) is 6.92 Å². The molecule has 0 aliphatic carbocycles. The maximum absolute atomic E-state index is 12.6. The lowest BCUT2D eigenvalue weighted by molar-refractivity contribution is 0.601. The molecule has 0 saturated heterocycles. The molecule has 3 aromatic rings. The number of sulfonamides is 1. The minimum Gasteiger partial charge on any atom is -0.280 e. The summed E-state index contributed by atoms with van der Waals surface area (Å²) in [5.41, 5.74) is 2.37. The van der Waals surface area contributed by atoms with Crippen molar-refractivity contribution in [3.05, 3.63) is 64.1 Å². The van der Waals surface area contributed by atoms with Gasteiger partial charge < -0.3 is 0 Å². The molecule has 0 amide bonds. The molecular formula is C16H13BrN2O2S2. The second-order valence-electron chi connectivity index (χ2n) is 4.96. The van der Waals surface area contributed by atoms with E-state index in [9.17, 15) is 8.42 Å². The SMILES string of the molecule is Cc1ccc(S(=O)(=O)Nc2cccc(-c3nccs3)c2)c(Br)c1. The first-order valence-corrected chi connectivity index (χ1v) is 9.90. The van der Waals surface area contributed by atoms with Crippen molar-refractivity contribution < 1.29 is 8.42 Å². The Hall–Kier alpha value is -1.70. The van der Waals surface area contributed by atoms with Crippen molar-refractivity contribution in [2.75, 3.05) is 4.72 Å². The molecule has 4 nitrogen and oxygen atoms in total. The Balaban J connectivity index is 1.93. The van der Waals surface area contributed by atoms with Crippen molar-refractivity contribution in [3.63, 3.8) is 0 Å². The number of nitrogens with zero attached hydrogens (tertiary/aromatic N) is 1. The summed E-state index contributed by atoms with van der Waals surface area (Å²) in [6.45, 7) is 1.91. The van der Waals surface area contributed by atoms with Crippen LogP contribution in [0.1, 0.15) is 5.56 Å². The van der Waals surface area contributed by atoms with Crippen LogP contribution < -0.4 is 4.72 Å². The highest BCUT2D eigenvalue weighted by Crippen LogP contribution is 2.28. The maximum Gasteiger partial charge on any atom is 0.263 e. The van der Waals surface area contributed by atoms with E-state index >= 15 is 0 Å². The number of rotatable bonds is 4. The Morgan fingerprint density at radius 1 is 1.17 bits per heavy atom. The minimum absolute atomic E-state index is 0.211. The number of halogens is 1. The van der Waals surface area contributed by atoms with Crippen LogP contribution in [0.5, 0.6) is 0 Å². The van der Waals surface area contributed by atoms with E-state index in [1.54, 1.807) is 42.6 Å². The minimum atomic E-state index is -3.66. The van der Waals surface area contributed by atoms with Crippen LogP contribution >= 0.6 is 27.3 Å². The van der Waals surface area contributed by atoms with Gasteiger partial charge in [0.15, 0.2) is 0 Å². The fourth-order valence-electron chi connectivity index (χ4n) is 2.12. The quantitative estimate of drug-likeness (QED) is 0.681. The molecule has 0 saturated carbocycles. The zero-order valence-electron chi connectivity index (χ0n) is 12.2. The first kappa shape index (κ1) is 16.2. The molecule has 118 valence electrons. The second kappa shape index (κ2) is 6.43. The Labute approximate surface area is 147 Å². The summed E-state index contributed by atoms with van der Waals surface area (Å²) < 4.78 is 28.3. The van der Waals surface area contributed by atoms with Crippen LogP contribution in [0.15, 0.2) is 63.4 Å². The van der Waals surface area contributed by atoms with E-state index in [0.717, 1.165) is 16.1 Å². The number of anilines is 1. The molecule has 0 aliphatic heterocycles. The van der Waals surface area contributed by atoms with Crippen molar-refractivity contribution in [2.24, 2.45) is 0 Å². The molecule has 0 spiro atoms. The summed E-state index contributed by atoms with van der Waals surface area (Å²) >= 11 is 4.82. The van der Waals surface area contributed by atoms with Gasteiger partial charge in [0, 0.05) is 27.3 Å². The van der Waals surface area contributed by atoms with Crippen molar-refractivity contribution in [1.29, 1.82) is 0 Å². The largest absolute Gasteiger partial charge is 0.280 e. The third-order valence-corrected chi connectivity index (χ3v) is 6.35.